The highest BCUT2D eigenvalue weighted by atomic mass is 16.4. The molecule has 0 amide bonds. The molecule has 1 N–H and O–H groups in total. The maximum atomic E-state index is 10.5. The molecule has 0 aliphatic rings. The number of carboxylic acid groups (broad SMARTS) is 1. The molecule has 82 valence electrons. The van der Waals surface area contributed by atoms with Gasteiger partial charge in [0.25, 0.3) is 0 Å². The largest absolute Gasteiger partial charge is 0.481 e. The summed E-state index contributed by atoms with van der Waals surface area (Å²) in [7, 11) is 1.84. The predicted molar refractivity (Wildman–Crippen MR) is 57.8 cm³/mol. The van der Waals surface area contributed by atoms with Crippen molar-refractivity contribution in [2.24, 2.45) is 7.05 Å². The van der Waals surface area contributed by atoms with E-state index in [4.69, 9.17) is 5.11 Å². The van der Waals surface area contributed by atoms with Gasteiger partial charge >= 0.3 is 5.97 Å². The molecule has 2 aromatic heterocycles. The van der Waals surface area contributed by atoms with E-state index in [0.29, 0.717) is 5.69 Å². The van der Waals surface area contributed by atoms with E-state index in [9.17, 15) is 4.79 Å². The van der Waals surface area contributed by atoms with E-state index >= 15 is 0 Å². The van der Waals surface area contributed by atoms with E-state index in [0.717, 1.165) is 11.1 Å². The molecule has 2 rings (SSSR count). The number of hydrogen-bond donors (Lipinski definition) is 1. The molecule has 16 heavy (non-hydrogen) atoms. The second-order valence-corrected chi connectivity index (χ2v) is 3.51. The summed E-state index contributed by atoms with van der Waals surface area (Å²) in [5.74, 6) is -0.873. The zero-order valence-electron chi connectivity index (χ0n) is 8.79. The van der Waals surface area contributed by atoms with Crippen molar-refractivity contribution in [2.75, 3.05) is 0 Å². The predicted octanol–water partition coefficient (Wildman–Crippen LogP) is 1.11. The molecule has 2 heterocycles. The van der Waals surface area contributed by atoms with Crippen LogP contribution in [0.4, 0.5) is 0 Å². The van der Waals surface area contributed by atoms with Gasteiger partial charge in [0.05, 0.1) is 18.3 Å². The Hall–Kier alpha value is -2.17. The van der Waals surface area contributed by atoms with Crippen molar-refractivity contribution in [3.8, 4) is 11.1 Å². The fourth-order valence-electron chi connectivity index (χ4n) is 1.43. The van der Waals surface area contributed by atoms with Crippen molar-refractivity contribution in [3.63, 3.8) is 0 Å². The van der Waals surface area contributed by atoms with Crippen molar-refractivity contribution < 1.29 is 9.90 Å². The Labute approximate surface area is 92.4 Å². The van der Waals surface area contributed by atoms with Crippen LogP contribution in [0, 0.1) is 0 Å². The summed E-state index contributed by atoms with van der Waals surface area (Å²) in [6.45, 7) is 0. The van der Waals surface area contributed by atoms with Crippen molar-refractivity contribution in [3.05, 3.63) is 36.4 Å². The highest BCUT2D eigenvalue weighted by Gasteiger charge is 2.04. The third-order valence-electron chi connectivity index (χ3n) is 2.20. The summed E-state index contributed by atoms with van der Waals surface area (Å²) in [6, 6.07) is 3.57. The van der Waals surface area contributed by atoms with Gasteiger partial charge in [-0.2, -0.15) is 5.10 Å². The average Bonchev–Trinajstić information content (AvgIpc) is 2.65. The Bertz CT molecular complexity index is 502. The molecule has 0 spiro atoms. The van der Waals surface area contributed by atoms with Crippen LogP contribution in [0.3, 0.4) is 0 Å². The van der Waals surface area contributed by atoms with Crippen molar-refractivity contribution >= 4 is 5.97 Å². The van der Waals surface area contributed by atoms with Crippen LogP contribution in [-0.2, 0) is 18.3 Å². The Morgan fingerprint density at radius 1 is 1.38 bits per heavy atom. The van der Waals surface area contributed by atoms with E-state index in [1.807, 2.05) is 19.3 Å². The third-order valence-corrected chi connectivity index (χ3v) is 2.20. The third kappa shape index (κ3) is 2.25. The van der Waals surface area contributed by atoms with Crippen LogP contribution < -0.4 is 0 Å². The number of aryl methyl sites for hydroxylation is 1. The van der Waals surface area contributed by atoms with E-state index in [2.05, 4.69) is 10.1 Å². The highest BCUT2D eigenvalue weighted by Crippen LogP contribution is 2.17. The molecule has 0 unspecified atom stereocenters. The Kier molecular flexibility index (Phi) is 2.68. The molecule has 5 heteroatoms. The van der Waals surface area contributed by atoms with Gasteiger partial charge in [-0.05, 0) is 6.07 Å². The topological polar surface area (TPSA) is 68.0 Å². The van der Waals surface area contributed by atoms with Crippen molar-refractivity contribution in [2.45, 2.75) is 6.42 Å². The van der Waals surface area contributed by atoms with Crippen LogP contribution in [0.2, 0.25) is 0 Å². The Morgan fingerprint density at radius 3 is 2.69 bits per heavy atom. The number of pyridine rings is 1. The number of rotatable bonds is 3. The quantitative estimate of drug-likeness (QED) is 0.836. The monoisotopic (exact) mass is 217 g/mol. The molecule has 0 saturated heterocycles. The first-order valence-electron chi connectivity index (χ1n) is 4.81. The van der Waals surface area contributed by atoms with Crippen molar-refractivity contribution in [1.82, 2.24) is 14.8 Å². The van der Waals surface area contributed by atoms with Gasteiger partial charge in [0.15, 0.2) is 0 Å². The van der Waals surface area contributed by atoms with Crippen LogP contribution >= 0.6 is 0 Å². The van der Waals surface area contributed by atoms with Gasteiger partial charge in [0, 0.05) is 30.6 Å². The molecule has 0 radical (unpaired) electrons. The van der Waals surface area contributed by atoms with Crippen LogP contribution in [0.25, 0.3) is 11.1 Å². The van der Waals surface area contributed by atoms with Gasteiger partial charge in [0.1, 0.15) is 0 Å². The summed E-state index contributed by atoms with van der Waals surface area (Å²) in [6.07, 6.45) is 5.24. The molecular weight excluding hydrogens is 206 g/mol. The first kappa shape index (κ1) is 10.4. The minimum absolute atomic E-state index is 0.0483. The molecule has 5 nitrogen and oxygen atoms in total. The second kappa shape index (κ2) is 4.14. The van der Waals surface area contributed by atoms with Gasteiger partial charge in [-0.15, -0.1) is 0 Å². The lowest BCUT2D eigenvalue weighted by atomic mass is 10.1. The van der Waals surface area contributed by atoms with E-state index in [1.54, 1.807) is 23.1 Å². The first-order chi connectivity index (χ1) is 7.65. The lowest BCUT2D eigenvalue weighted by molar-refractivity contribution is -0.136. The summed E-state index contributed by atoms with van der Waals surface area (Å²) in [5.41, 5.74) is 2.46. The maximum absolute atomic E-state index is 10.5. The van der Waals surface area contributed by atoms with Gasteiger partial charge < -0.3 is 5.11 Å². The van der Waals surface area contributed by atoms with Crippen molar-refractivity contribution in [1.29, 1.82) is 0 Å². The van der Waals surface area contributed by atoms with E-state index in [1.165, 1.54) is 0 Å². The summed E-state index contributed by atoms with van der Waals surface area (Å²) < 4.78 is 1.71. The highest BCUT2D eigenvalue weighted by molar-refractivity contribution is 5.70. The molecule has 2 aromatic rings. The number of aromatic nitrogens is 3. The molecule has 0 aromatic carbocycles. The maximum Gasteiger partial charge on any atom is 0.309 e. The van der Waals surface area contributed by atoms with Crippen LogP contribution in [-0.4, -0.2) is 25.8 Å². The summed E-state index contributed by atoms with van der Waals surface area (Å²) in [4.78, 5) is 14.6. The van der Waals surface area contributed by atoms with Gasteiger partial charge in [-0.3, -0.25) is 14.5 Å². The minimum Gasteiger partial charge on any atom is -0.481 e. The lowest BCUT2D eigenvalue weighted by Gasteiger charge is -1.98. The number of nitrogens with zero attached hydrogens (tertiary/aromatic N) is 3. The zero-order chi connectivity index (χ0) is 11.5. The number of hydrogen-bond acceptors (Lipinski definition) is 3. The molecule has 0 aliphatic carbocycles. The fraction of sp³-hybridized carbons (Fsp3) is 0.182. The van der Waals surface area contributed by atoms with Crippen LogP contribution in [0.5, 0.6) is 0 Å². The molecule has 0 bridgehead atoms. The van der Waals surface area contributed by atoms with Gasteiger partial charge in [-0.25, -0.2) is 0 Å². The van der Waals surface area contributed by atoms with Crippen LogP contribution in [0.15, 0.2) is 30.7 Å². The molecule has 0 saturated carbocycles. The first-order valence-corrected chi connectivity index (χ1v) is 4.81. The zero-order valence-corrected chi connectivity index (χ0v) is 8.79. The van der Waals surface area contributed by atoms with Crippen LogP contribution in [0.1, 0.15) is 5.69 Å². The SMILES string of the molecule is Cn1cc(-c2ccc(CC(=O)O)nc2)cn1. The Balaban J connectivity index is 2.22. The second-order valence-electron chi connectivity index (χ2n) is 3.51. The summed E-state index contributed by atoms with van der Waals surface area (Å²) >= 11 is 0. The number of carboxylic acids is 1. The minimum atomic E-state index is -0.873. The lowest BCUT2D eigenvalue weighted by Crippen LogP contribution is -2.01. The summed E-state index contributed by atoms with van der Waals surface area (Å²) in [5, 5.41) is 12.7. The van der Waals surface area contributed by atoms with E-state index in [-0.39, 0.29) is 6.42 Å². The number of aliphatic carboxylic acids is 1. The molecule has 0 fully saturated rings. The standard InChI is InChI=1S/C11H11N3O2/c1-14-7-9(6-13-14)8-2-3-10(12-5-8)4-11(15)16/h2-3,5-7H,4H2,1H3,(H,15,16). The fourth-order valence-corrected chi connectivity index (χ4v) is 1.43. The van der Waals surface area contributed by atoms with E-state index < -0.39 is 5.97 Å². The average molecular weight is 217 g/mol. The Morgan fingerprint density at radius 2 is 2.19 bits per heavy atom. The van der Waals surface area contributed by atoms with Gasteiger partial charge in [0.2, 0.25) is 0 Å². The smallest absolute Gasteiger partial charge is 0.309 e. The normalized spacial score (nSPS) is 10.3. The molecular formula is C11H11N3O2. The molecule has 0 aliphatic heterocycles. The van der Waals surface area contributed by atoms with Gasteiger partial charge in [-0.1, -0.05) is 6.07 Å². The number of carbonyl (C=O) groups is 1. The molecule has 0 atom stereocenters.